The summed E-state index contributed by atoms with van der Waals surface area (Å²) in [5.41, 5.74) is 6.46. The number of nitrogens with one attached hydrogen (secondary N) is 2. The summed E-state index contributed by atoms with van der Waals surface area (Å²) in [6.45, 7) is 1.33. The molecule has 86 valence electrons. The summed E-state index contributed by atoms with van der Waals surface area (Å²) in [6.07, 6.45) is 1.20. The molecule has 1 aromatic rings. The van der Waals surface area contributed by atoms with E-state index in [0.717, 1.165) is 5.56 Å². The SMILES string of the molecule is CC(=O)NC(=N)C(C#Cc1ccccc1)=CN. The predicted octanol–water partition coefficient (Wildman–Crippen LogP) is 0.994. The lowest BCUT2D eigenvalue weighted by molar-refractivity contribution is -0.117. The molecule has 17 heavy (non-hydrogen) atoms. The first-order valence-electron chi connectivity index (χ1n) is 4.99. The summed E-state index contributed by atoms with van der Waals surface area (Å²) in [4.78, 5) is 10.8. The number of amides is 1. The van der Waals surface area contributed by atoms with Gasteiger partial charge in [-0.2, -0.15) is 0 Å². The van der Waals surface area contributed by atoms with Crippen LogP contribution in [0.15, 0.2) is 42.1 Å². The largest absolute Gasteiger partial charge is 0.403 e. The monoisotopic (exact) mass is 227 g/mol. The average molecular weight is 227 g/mol. The van der Waals surface area contributed by atoms with Crippen LogP contribution in [0, 0.1) is 17.3 Å². The number of hydrogen-bond acceptors (Lipinski definition) is 3. The van der Waals surface area contributed by atoms with Crippen molar-refractivity contribution in [3.8, 4) is 11.8 Å². The van der Waals surface area contributed by atoms with Crippen LogP contribution in [0.4, 0.5) is 0 Å². The van der Waals surface area contributed by atoms with Crippen molar-refractivity contribution in [1.82, 2.24) is 5.32 Å². The first-order chi connectivity index (χ1) is 8.13. The molecule has 1 aromatic carbocycles. The van der Waals surface area contributed by atoms with Gasteiger partial charge < -0.3 is 11.1 Å². The molecule has 0 atom stereocenters. The molecular formula is C13H13N3O. The van der Waals surface area contributed by atoms with Gasteiger partial charge in [0.15, 0.2) is 0 Å². The normalized spacial score (nSPS) is 10.1. The first kappa shape index (κ1) is 12.5. The Hall–Kier alpha value is -2.54. The highest BCUT2D eigenvalue weighted by Gasteiger charge is 2.02. The van der Waals surface area contributed by atoms with Crippen LogP contribution in [-0.4, -0.2) is 11.7 Å². The molecule has 0 saturated heterocycles. The Balaban J connectivity index is 2.82. The number of carbonyl (C=O) groups excluding carboxylic acids is 1. The number of amidine groups is 1. The van der Waals surface area contributed by atoms with E-state index in [1.807, 2.05) is 30.3 Å². The van der Waals surface area contributed by atoms with Gasteiger partial charge >= 0.3 is 0 Å². The van der Waals surface area contributed by atoms with E-state index in [-0.39, 0.29) is 17.3 Å². The van der Waals surface area contributed by atoms with E-state index < -0.39 is 0 Å². The van der Waals surface area contributed by atoms with Gasteiger partial charge in [-0.1, -0.05) is 30.0 Å². The Morgan fingerprint density at radius 1 is 1.41 bits per heavy atom. The van der Waals surface area contributed by atoms with Gasteiger partial charge in [-0.3, -0.25) is 10.2 Å². The van der Waals surface area contributed by atoms with Crippen molar-refractivity contribution >= 4 is 11.7 Å². The van der Waals surface area contributed by atoms with E-state index in [9.17, 15) is 4.79 Å². The van der Waals surface area contributed by atoms with Gasteiger partial charge in [-0.25, -0.2) is 0 Å². The Labute approximate surface area is 100 Å². The highest BCUT2D eigenvalue weighted by molar-refractivity contribution is 6.08. The number of carbonyl (C=O) groups is 1. The van der Waals surface area contributed by atoms with E-state index in [4.69, 9.17) is 11.1 Å². The molecule has 0 aliphatic rings. The maximum absolute atomic E-state index is 10.8. The highest BCUT2D eigenvalue weighted by atomic mass is 16.1. The van der Waals surface area contributed by atoms with Crippen LogP contribution in [0.25, 0.3) is 0 Å². The van der Waals surface area contributed by atoms with Crippen molar-refractivity contribution in [3.63, 3.8) is 0 Å². The second-order valence-electron chi connectivity index (χ2n) is 3.25. The van der Waals surface area contributed by atoms with Crippen molar-refractivity contribution in [3.05, 3.63) is 47.7 Å². The highest BCUT2D eigenvalue weighted by Crippen LogP contribution is 1.97. The number of hydrogen-bond donors (Lipinski definition) is 3. The number of benzene rings is 1. The maximum atomic E-state index is 10.8. The molecule has 0 aliphatic carbocycles. The fourth-order valence-corrected chi connectivity index (χ4v) is 1.09. The molecule has 0 fully saturated rings. The molecule has 0 bridgehead atoms. The summed E-state index contributed by atoms with van der Waals surface area (Å²) in [5, 5.41) is 9.88. The topological polar surface area (TPSA) is 79.0 Å². The van der Waals surface area contributed by atoms with Crippen molar-refractivity contribution in [2.24, 2.45) is 5.73 Å². The molecule has 0 spiro atoms. The molecule has 0 saturated carbocycles. The van der Waals surface area contributed by atoms with E-state index in [1.165, 1.54) is 13.1 Å². The van der Waals surface area contributed by atoms with Crippen LogP contribution in [-0.2, 0) is 4.79 Å². The lowest BCUT2D eigenvalue weighted by Crippen LogP contribution is -2.28. The first-order valence-corrected chi connectivity index (χ1v) is 4.99. The van der Waals surface area contributed by atoms with E-state index in [2.05, 4.69) is 17.2 Å². The zero-order chi connectivity index (χ0) is 12.7. The van der Waals surface area contributed by atoms with Gasteiger partial charge in [-0.05, 0) is 12.1 Å². The average Bonchev–Trinajstić information content (AvgIpc) is 2.30. The predicted molar refractivity (Wildman–Crippen MR) is 67.1 cm³/mol. The molecule has 0 heterocycles. The minimum absolute atomic E-state index is 0.0940. The fraction of sp³-hybridized carbons (Fsp3) is 0.0769. The van der Waals surface area contributed by atoms with Crippen LogP contribution in [0.2, 0.25) is 0 Å². The third-order valence-corrected chi connectivity index (χ3v) is 1.85. The summed E-state index contributed by atoms with van der Waals surface area (Å²) in [5.74, 6) is 5.18. The summed E-state index contributed by atoms with van der Waals surface area (Å²) in [7, 11) is 0. The Kier molecular flexibility index (Phi) is 4.52. The lowest BCUT2D eigenvalue weighted by atomic mass is 10.2. The van der Waals surface area contributed by atoms with Crippen molar-refractivity contribution in [1.29, 1.82) is 5.41 Å². The Morgan fingerprint density at radius 3 is 2.59 bits per heavy atom. The minimum atomic E-state index is -0.323. The molecular weight excluding hydrogens is 214 g/mol. The Morgan fingerprint density at radius 2 is 2.06 bits per heavy atom. The van der Waals surface area contributed by atoms with Crippen LogP contribution in [0.3, 0.4) is 0 Å². The van der Waals surface area contributed by atoms with Gasteiger partial charge in [0.25, 0.3) is 0 Å². The van der Waals surface area contributed by atoms with Crippen molar-refractivity contribution < 1.29 is 4.79 Å². The van der Waals surface area contributed by atoms with Crippen LogP contribution >= 0.6 is 0 Å². The van der Waals surface area contributed by atoms with Crippen LogP contribution in [0.5, 0.6) is 0 Å². The summed E-state index contributed by atoms with van der Waals surface area (Å²) in [6, 6.07) is 9.33. The second-order valence-corrected chi connectivity index (χ2v) is 3.25. The molecule has 4 N–H and O–H groups in total. The lowest BCUT2D eigenvalue weighted by Gasteiger charge is -2.01. The number of rotatable bonds is 1. The molecule has 4 heteroatoms. The van der Waals surface area contributed by atoms with Crippen LogP contribution < -0.4 is 11.1 Å². The van der Waals surface area contributed by atoms with Gasteiger partial charge in [0.1, 0.15) is 5.84 Å². The zero-order valence-electron chi connectivity index (χ0n) is 9.45. The minimum Gasteiger partial charge on any atom is -0.403 e. The second kappa shape index (κ2) is 6.13. The molecule has 0 unspecified atom stereocenters. The van der Waals surface area contributed by atoms with Crippen molar-refractivity contribution in [2.75, 3.05) is 0 Å². The molecule has 1 amide bonds. The van der Waals surface area contributed by atoms with Crippen molar-refractivity contribution in [2.45, 2.75) is 6.92 Å². The molecule has 4 nitrogen and oxygen atoms in total. The van der Waals surface area contributed by atoms with Gasteiger partial charge in [0, 0.05) is 18.7 Å². The smallest absolute Gasteiger partial charge is 0.222 e. The van der Waals surface area contributed by atoms with Crippen LogP contribution in [0.1, 0.15) is 12.5 Å². The van der Waals surface area contributed by atoms with E-state index in [0.29, 0.717) is 0 Å². The van der Waals surface area contributed by atoms with Gasteiger partial charge in [-0.15, -0.1) is 0 Å². The fourth-order valence-electron chi connectivity index (χ4n) is 1.09. The Bertz CT molecular complexity index is 506. The third-order valence-electron chi connectivity index (χ3n) is 1.85. The summed E-state index contributed by atoms with van der Waals surface area (Å²) >= 11 is 0. The third kappa shape index (κ3) is 4.22. The van der Waals surface area contributed by atoms with Gasteiger partial charge in [0.2, 0.25) is 5.91 Å². The number of nitrogens with two attached hydrogens (primary N) is 1. The zero-order valence-corrected chi connectivity index (χ0v) is 9.45. The molecule has 0 aromatic heterocycles. The van der Waals surface area contributed by atoms with E-state index in [1.54, 1.807) is 0 Å². The molecule has 0 radical (unpaired) electrons. The van der Waals surface area contributed by atoms with Gasteiger partial charge in [0.05, 0.1) is 5.57 Å². The van der Waals surface area contributed by atoms with E-state index >= 15 is 0 Å². The summed E-state index contributed by atoms with van der Waals surface area (Å²) < 4.78 is 0. The standard InChI is InChI=1S/C13H13N3O/c1-10(17)16-13(15)12(9-14)8-7-11-5-3-2-4-6-11/h2-6,9H,14H2,1H3,(H2,15,16,17). The maximum Gasteiger partial charge on any atom is 0.222 e. The molecule has 0 aliphatic heterocycles. The quantitative estimate of drug-likeness (QED) is 0.380. The molecule has 1 rings (SSSR count).